The minimum absolute atomic E-state index is 0.0213. The molecule has 0 fully saturated rings. The number of carbonyl (C=O) groups is 2. The van der Waals surface area contributed by atoms with Crippen molar-refractivity contribution in [2.75, 3.05) is 13.7 Å². The maximum Gasteiger partial charge on any atom is 0.303 e. The first-order chi connectivity index (χ1) is 17.4. The molecule has 36 heavy (non-hydrogen) atoms. The van der Waals surface area contributed by atoms with E-state index < -0.39 is 5.97 Å². The molecule has 0 radical (unpaired) electrons. The van der Waals surface area contributed by atoms with Gasteiger partial charge in [-0.1, -0.05) is 36.4 Å². The summed E-state index contributed by atoms with van der Waals surface area (Å²) in [6, 6.07) is 23.3. The third-order valence-electron chi connectivity index (χ3n) is 5.97. The summed E-state index contributed by atoms with van der Waals surface area (Å²) in [4.78, 5) is 25.8. The molecule has 0 spiro atoms. The van der Waals surface area contributed by atoms with Gasteiger partial charge in [0, 0.05) is 24.6 Å². The molecule has 190 valence electrons. The number of amides is 1. The quantitative estimate of drug-likeness (QED) is 0.280. The van der Waals surface area contributed by atoms with Gasteiger partial charge < -0.3 is 19.5 Å². The van der Waals surface area contributed by atoms with Crippen molar-refractivity contribution in [3.8, 4) is 22.6 Å². The van der Waals surface area contributed by atoms with Crippen LogP contribution in [0.1, 0.15) is 55.5 Å². The second-order valence-corrected chi connectivity index (χ2v) is 9.04. The minimum atomic E-state index is -0.763. The van der Waals surface area contributed by atoms with Gasteiger partial charge in [-0.25, -0.2) is 0 Å². The molecule has 3 aromatic rings. The molecule has 6 heteroatoms. The molecule has 3 aromatic carbocycles. The molecule has 0 aliphatic heterocycles. The lowest BCUT2D eigenvalue weighted by Gasteiger charge is -2.27. The van der Waals surface area contributed by atoms with Crippen LogP contribution in [0.25, 0.3) is 11.1 Å². The van der Waals surface area contributed by atoms with Crippen LogP contribution in [0.15, 0.2) is 72.8 Å². The number of unbranched alkanes of at least 4 members (excludes halogenated alkanes) is 2. The van der Waals surface area contributed by atoms with E-state index in [1.807, 2.05) is 91.5 Å². The Labute approximate surface area is 213 Å². The molecule has 0 aliphatic carbocycles. The average Bonchev–Trinajstić information content (AvgIpc) is 2.89. The van der Waals surface area contributed by atoms with Crippen LogP contribution in [0.5, 0.6) is 11.5 Å². The molecule has 3 rings (SSSR count). The number of benzene rings is 3. The van der Waals surface area contributed by atoms with Crippen molar-refractivity contribution in [2.24, 2.45) is 0 Å². The zero-order valence-electron chi connectivity index (χ0n) is 21.3. The van der Waals surface area contributed by atoms with Crippen LogP contribution in [0.4, 0.5) is 0 Å². The molecule has 0 bridgehead atoms. The van der Waals surface area contributed by atoms with Crippen molar-refractivity contribution < 1.29 is 24.2 Å². The highest BCUT2D eigenvalue weighted by Gasteiger charge is 2.19. The normalized spacial score (nSPS) is 10.8. The zero-order valence-corrected chi connectivity index (χ0v) is 21.3. The fourth-order valence-electron chi connectivity index (χ4n) is 3.94. The summed E-state index contributed by atoms with van der Waals surface area (Å²) < 4.78 is 11.2. The molecule has 0 saturated carbocycles. The lowest BCUT2D eigenvalue weighted by atomic mass is 10.0. The standard InChI is InChI=1S/C30H35NO5/c1-22(2)31(21-23-9-7-12-28(19-23)36-18-6-4-5-13-29(32)33)30(34)25-16-14-24(15-17-25)26-10-8-11-27(20-26)35-3/h7-12,14-17,19-20,22H,4-6,13,18,21H2,1-3H3,(H,32,33). The number of methoxy groups -OCH3 is 1. The Morgan fingerprint density at radius 1 is 0.861 bits per heavy atom. The maximum absolute atomic E-state index is 13.4. The fourth-order valence-corrected chi connectivity index (χ4v) is 3.94. The van der Waals surface area contributed by atoms with Crippen LogP contribution >= 0.6 is 0 Å². The molecule has 1 amide bonds. The first-order valence-corrected chi connectivity index (χ1v) is 12.4. The topological polar surface area (TPSA) is 76.1 Å². The van der Waals surface area contributed by atoms with Crippen molar-refractivity contribution in [2.45, 2.75) is 52.1 Å². The summed E-state index contributed by atoms with van der Waals surface area (Å²) in [6.07, 6.45) is 2.47. The smallest absolute Gasteiger partial charge is 0.303 e. The van der Waals surface area contributed by atoms with E-state index in [1.54, 1.807) is 7.11 Å². The Morgan fingerprint density at radius 2 is 1.58 bits per heavy atom. The summed E-state index contributed by atoms with van der Waals surface area (Å²) >= 11 is 0. The van der Waals surface area contributed by atoms with E-state index in [0.717, 1.165) is 41.0 Å². The van der Waals surface area contributed by atoms with Crippen molar-refractivity contribution in [3.05, 3.63) is 83.9 Å². The molecular formula is C30H35NO5. The Bertz CT molecular complexity index is 1140. The van der Waals surface area contributed by atoms with Gasteiger partial charge in [-0.05, 0) is 86.2 Å². The molecule has 0 aromatic heterocycles. The minimum Gasteiger partial charge on any atom is -0.497 e. The van der Waals surface area contributed by atoms with E-state index in [-0.39, 0.29) is 18.4 Å². The molecule has 0 aliphatic rings. The SMILES string of the molecule is COc1cccc(-c2ccc(C(=O)N(Cc3cccc(OCCCCCC(=O)O)c3)C(C)C)cc2)c1. The van der Waals surface area contributed by atoms with Crippen molar-refractivity contribution >= 4 is 11.9 Å². The summed E-state index contributed by atoms with van der Waals surface area (Å²) in [5.41, 5.74) is 3.69. The van der Waals surface area contributed by atoms with E-state index >= 15 is 0 Å². The zero-order chi connectivity index (χ0) is 25.9. The first kappa shape index (κ1) is 26.8. The second kappa shape index (κ2) is 13.3. The lowest BCUT2D eigenvalue weighted by Crippen LogP contribution is -2.36. The van der Waals surface area contributed by atoms with Gasteiger partial charge in [0.2, 0.25) is 0 Å². The summed E-state index contributed by atoms with van der Waals surface area (Å²) in [6.45, 7) is 5.04. The number of ether oxygens (including phenoxy) is 2. The molecule has 0 atom stereocenters. The van der Waals surface area contributed by atoms with Gasteiger partial charge in [0.05, 0.1) is 13.7 Å². The van der Waals surface area contributed by atoms with Crippen molar-refractivity contribution in [3.63, 3.8) is 0 Å². The Kier molecular flexibility index (Phi) is 9.92. The molecule has 0 saturated heterocycles. The van der Waals surface area contributed by atoms with Gasteiger partial charge >= 0.3 is 5.97 Å². The first-order valence-electron chi connectivity index (χ1n) is 12.4. The van der Waals surface area contributed by atoms with Gasteiger partial charge in [-0.3, -0.25) is 9.59 Å². The van der Waals surface area contributed by atoms with Gasteiger partial charge in [-0.15, -0.1) is 0 Å². The Hall–Kier alpha value is -3.80. The molecular weight excluding hydrogens is 454 g/mol. The predicted molar refractivity (Wildman–Crippen MR) is 141 cm³/mol. The van der Waals surface area contributed by atoms with Gasteiger partial charge in [0.1, 0.15) is 11.5 Å². The number of nitrogens with zero attached hydrogens (tertiary/aromatic N) is 1. The van der Waals surface area contributed by atoms with Gasteiger partial charge in [0.15, 0.2) is 0 Å². The van der Waals surface area contributed by atoms with Crippen LogP contribution in [0.2, 0.25) is 0 Å². The fraction of sp³-hybridized carbons (Fsp3) is 0.333. The average molecular weight is 490 g/mol. The third-order valence-corrected chi connectivity index (χ3v) is 5.97. The van der Waals surface area contributed by atoms with Crippen LogP contribution in [0, 0.1) is 0 Å². The Balaban J connectivity index is 1.62. The van der Waals surface area contributed by atoms with E-state index in [0.29, 0.717) is 25.1 Å². The number of carboxylic acids is 1. The third kappa shape index (κ3) is 7.87. The summed E-state index contributed by atoms with van der Waals surface area (Å²) in [5, 5.41) is 8.71. The summed E-state index contributed by atoms with van der Waals surface area (Å²) in [5.74, 6) is 0.764. The Morgan fingerprint density at radius 3 is 2.28 bits per heavy atom. The van der Waals surface area contributed by atoms with E-state index in [4.69, 9.17) is 14.6 Å². The number of hydrogen-bond donors (Lipinski definition) is 1. The van der Waals surface area contributed by atoms with Crippen molar-refractivity contribution in [1.29, 1.82) is 0 Å². The number of carboxylic acid groups (broad SMARTS) is 1. The highest BCUT2D eigenvalue weighted by molar-refractivity contribution is 5.95. The predicted octanol–water partition coefficient (Wildman–Crippen LogP) is 6.44. The number of rotatable bonds is 13. The molecule has 0 heterocycles. The van der Waals surface area contributed by atoms with Crippen LogP contribution in [-0.2, 0) is 11.3 Å². The highest BCUT2D eigenvalue weighted by atomic mass is 16.5. The van der Waals surface area contributed by atoms with Crippen LogP contribution < -0.4 is 9.47 Å². The summed E-state index contributed by atoms with van der Waals surface area (Å²) in [7, 11) is 1.65. The van der Waals surface area contributed by atoms with Crippen LogP contribution in [-0.4, -0.2) is 41.6 Å². The maximum atomic E-state index is 13.4. The second-order valence-electron chi connectivity index (χ2n) is 9.04. The molecule has 6 nitrogen and oxygen atoms in total. The van der Waals surface area contributed by atoms with E-state index in [9.17, 15) is 9.59 Å². The lowest BCUT2D eigenvalue weighted by molar-refractivity contribution is -0.137. The van der Waals surface area contributed by atoms with Crippen LogP contribution in [0.3, 0.4) is 0 Å². The largest absolute Gasteiger partial charge is 0.497 e. The number of carbonyl (C=O) groups excluding carboxylic acids is 1. The number of aliphatic carboxylic acids is 1. The molecule has 0 unspecified atom stereocenters. The number of hydrogen-bond acceptors (Lipinski definition) is 4. The van der Waals surface area contributed by atoms with E-state index in [2.05, 4.69) is 0 Å². The van der Waals surface area contributed by atoms with Gasteiger partial charge in [-0.2, -0.15) is 0 Å². The molecule has 1 N–H and O–H groups in total. The van der Waals surface area contributed by atoms with Crippen molar-refractivity contribution in [1.82, 2.24) is 4.90 Å². The highest BCUT2D eigenvalue weighted by Crippen LogP contribution is 2.25. The van der Waals surface area contributed by atoms with Gasteiger partial charge in [0.25, 0.3) is 5.91 Å². The van der Waals surface area contributed by atoms with E-state index in [1.165, 1.54) is 0 Å². The monoisotopic (exact) mass is 489 g/mol.